The van der Waals surface area contributed by atoms with E-state index in [0.717, 1.165) is 0 Å². The van der Waals surface area contributed by atoms with Crippen molar-refractivity contribution in [2.45, 2.75) is 37.9 Å². The van der Waals surface area contributed by atoms with E-state index in [4.69, 9.17) is 0 Å². The molecule has 11 heteroatoms. The average molecular weight is 335 g/mol. The fraction of sp³-hybridized carbons (Fsp3) is 0.636. The van der Waals surface area contributed by atoms with Crippen molar-refractivity contribution >= 4 is 5.91 Å². The Bertz CT molecular complexity index is 524. The molecule has 0 spiro atoms. The summed E-state index contributed by atoms with van der Waals surface area (Å²) in [5.74, 6) is -15.0. The Morgan fingerprint density at radius 3 is 2.27 bits per heavy atom. The molecule has 1 aromatic rings. The molecule has 0 unspecified atom stereocenters. The molecule has 1 aromatic heterocycles. The zero-order valence-corrected chi connectivity index (χ0v) is 11.2. The normalized spacial score (nSPS) is 13.3. The van der Waals surface area contributed by atoms with Gasteiger partial charge in [0.2, 0.25) is 0 Å². The van der Waals surface area contributed by atoms with Gasteiger partial charge in [-0.3, -0.25) is 9.48 Å². The Kier molecular flexibility index (Phi) is 5.08. The second kappa shape index (κ2) is 6.13. The van der Waals surface area contributed by atoms with Crippen molar-refractivity contribution in [3.05, 3.63) is 18.0 Å². The number of aromatic nitrogens is 2. The van der Waals surface area contributed by atoms with Gasteiger partial charge in [-0.2, -0.15) is 35.8 Å². The van der Waals surface area contributed by atoms with Crippen molar-refractivity contribution in [1.29, 1.82) is 0 Å². The van der Waals surface area contributed by atoms with Crippen molar-refractivity contribution in [1.82, 2.24) is 15.1 Å². The number of nitrogens with one attached hydrogen (secondary N) is 1. The standard InChI is InChI=1S/C11H12F7N3O/c1-7-3-6-21(20-7)5-2-4-19-8(22)9(12,13)10(14,15)11(16,17)18/h3,6H,2,4-5H2,1H3,(H,19,22). The highest BCUT2D eigenvalue weighted by Gasteiger charge is 2.76. The monoisotopic (exact) mass is 335 g/mol. The first-order chi connectivity index (χ1) is 9.89. The van der Waals surface area contributed by atoms with Crippen LogP contribution in [0.3, 0.4) is 0 Å². The first kappa shape index (κ1) is 18.2. The highest BCUT2D eigenvalue weighted by atomic mass is 19.4. The Morgan fingerprint density at radius 1 is 1.23 bits per heavy atom. The number of carbonyl (C=O) groups excluding carboxylic acids is 1. The van der Waals surface area contributed by atoms with E-state index in [-0.39, 0.29) is 13.0 Å². The molecule has 0 aliphatic heterocycles. The van der Waals surface area contributed by atoms with Crippen LogP contribution in [0.25, 0.3) is 0 Å². The predicted octanol–water partition coefficient (Wildman–Crippen LogP) is 2.53. The van der Waals surface area contributed by atoms with E-state index in [0.29, 0.717) is 5.69 Å². The number of rotatable bonds is 6. The summed E-state index contributed by atoms with van der Waals surface area (Å²) in [5.41, 5.74) is 0.681. The van der Waals surface area contributed by atoms with Crippen LogP contribution in [0, 0.1) is 6.92 Å². The third-order valence-electron chi connectivity index (χ3n) is 2.66. The first-order valence-corrected chi connectivity index (χ1v) is 6.00. The first-order valence-electron chi connectivity index (χ1n) is 6.00. The molecule has 0 aliphatic rings. The van der Waals surface area contributed by atoms with Crippen molar-refractivity contribution < 1.29 is 35.5 Å². The molecule has 0 aromatic carbocycles. The molecule has 1 rings (SSSR count). The van der Waals surface area contributed by atoms with Crippen LogP contribution in [0.15, 0.2) is 12.3 Å². The van der Waals surface area contributed by atoms with Gasteiger partial charge in [0.05, 0.1) is 5.69 Å². The summed E-state index contributed by atoms with van der Waals surface area (Å²) < 4.78 is 88.1. The summed E-state index contributed by atoms with van der Waals surface area (Å²) >= 11 is 0. The minimum absolute atomic E-state index is 0.0283. The maximum absolute atomic E-state index is 12.9. The third-order valence-corrected chi connectivity index (χ3v) is 2.66. The molecular formula is C11H12F7N3O. The van der Waals surface area contributed by atoms with E-state index in [2.05, 4.69) is 5.10 Å². The summed E-state index contributed by atoms with van der Waals surface area (Å²) in [7, 11) is 0. The van der Waals surface area contributed by atoms with Crippen LogP contribution < -0.4 is 5.32 Å². The number of nitrogens with zero attached hydrogens (tertiary/aromatic N) is 2. The van der Waals surface area contributed by atoms with E-state index in [1.807, 2.05) is 0 Å². The van der Waals surface area contributed by atoms with Gasteiger partial charge in [-0.25, -0.2) is 0 Å². The van der Waals surface area contributed by atoms with Gasteiger partial charge in [-0.15, -0.1) is 0 Å². The SMILES string of the molecule is Cc1ccn(CCCNC(=O)C(F)(F)C(F)(F)C(F)(F)F)n1. The van der Waals surface area contributed by atoms with Crippen LogP contribution in [0.5, 0.6) is 0 Å². The molecule has 1 N–H and O–H groups in total. The minimum Gasteiger partial charge on any atom is -0.351 e. The fourth-order valence-corrected chi connectivity index (χ4v) is 1.46. The Morgan fingerprint density at radius 2 is 1.82 bits per heavy atom. The second-order valence-corrected chi connectivity index (χ2v) is 4.48. The highest BCUT2D eigenvalue weighted by molar-refractivity contribution is 5.84. The molecule has 126 valence electrons. The van der Waals surface area contributed by atoms with Gasteiger partial charge in [-0.05, 0) is 19.4 Å². The van der Waals surface area contributed by atoms with Crippen molar-refractivity contribution in [2.24, 2.45) is 0 Å². The van der Waals surface area contributed by atoms with E-state index in [1.54, 1.807) is 19.2 Å². The lowest BCUT2D eigenvalue weighted by molar-refractivity contribution is -0.344. The van der Waals surface area contributed by atoms with Crippen LogP contribution in [-0.4, -0.2) is 40.3 Å². The molecule has 1 heterocycles. The van der Waals surface area contributed by atoms with Gasteiger partial charge in [0.25, 0.3) is 5.91 Å². The summed E-state index contributed by atoms with van der Waals surface area (Å²) in [5, 5.41) is 5.30. The third kappa shape index (κ3) is 3.69. The molecule has 1 amide bonds. The number of hydrogen-bond acceptors (Lipinski definition) is 2. The fourth-order valence-electron chi connectivity index (χ4n) is 1.46. The summed E-state index contributed by atoms with van der Waals surface area (Å²) in [6.07, 6.45) is -4.94. The molecule has 4 nitrogen and oxygen atoms in total. The zero-order valence-electron chi connectivity index (χ0n) is 11.2. The number of amides is 1. The van der Waals surface area contributed by atoms with Crippen molar-refractivity contribution in [3.63, 3.8) is 0 Å². The van der Waals surface area contributed by atoms with Gasteiger partial charge in [0.15, 0.2) is 0 Å². The lowest BCUT2D eigenvalue weighted by Crippen LogP contribution is -2.59. The topological polar surface area (TPSA) is 46.9 Å². The lowest BCUT2D eigenvalue weighted by atomic mass is 10.1. The number of aryl methyl sites for hydroxylation is 2. The maximum Gasteiger partial charge on any atom is 0.460 e. The van der Waals surface area contributed by atoms with Gasteiger partial charge in [0, 0.05) is 19.3 Å². The van der Waals surface area contributed by atoms with Crippen LogP contribution in [0.4, 0.5) is 30.7 Å². The molecule has 0 saturated heterocycles. The van der Waals surface area contributed by atoms with Crippen molar-refractivity contribution in [2.75, 3.05) is 6.54 Å². The van der Waals surface area contributed by atoms with E-state index in [9.17, 15) is 35.5 Å². The largest absolute Gasteiger partial charge is 0.460 e. The van der Waals surface area contributed by atoms with Crippen molar-refractivity contribution in [3.8, 4) is 0 Å². The van der Waals surface area contributed by atoms with Crippen LogP contribution in [0.2, 0.25) is 0 Å². The summed E-state index contributed by atoms with van der Waals surface area (Å²) in [4.78, 5) is 10.9. The van der Waals surface area contributed by atoms with E-state index in [1.165, 1.54) is 10.00 Å². The Labute approximate surface area is 120 Å². The highest BCUT2D eigenvalue weighted by Crippen LogP contribution is 2.46. The Balaban J connectivity index is 2.53. The molecule has 0 radical (unpaired) electrons. The number of halogens is 7. The second-order valence-electron chi connectivity index (χ2n) is 4.48. The quantitative estimate of drug-likeness (QED) is 0.641. The van der Waals surface area contributed by atoms with Crippen LogP contribution in [0.1, 0.15) is 12.1 Å². The van der Waals surface area contributed by atoms with Gasteiger partial charge in [-0.1, -0.05) is 0 Å². The van der Waals surface area contributed by atoms with E-state index >= 15 is 0 Å². The smallest absolute Gasteiger partial charge is 0.351 e. The summed E-state index contributed by atoms with van der Waals surface area (Å²) in [6, 6.07) is 1.65. The molecule has 22 heavy (non-hydrogen) atoms. The number of carbonyl (C=O) groups is 1. The van der Waals surface area contributed by atoms with Gasteiger partial charge < -0.3 is 5.32 Å². The molecule has 0 aliphatic carbocycles. The molecule has 0 saturated carbocycles. The number of alkyl halides is 7. The maximum atomic E-state index is 12.9. The molecule has 0 atom stereocenters. The zero-order chi connectivity index (χ0) is 17.2. The predicted molar refractivity (Wildman–Crippen MR) is 60.5 cm³/mol. The van der Waals surface area contributed by atoms with Crippen LogP contribution in [-0.2, 0) is 11.3 Å². The van der Waals surface area contributed by atoms with Gasteiger partial charge in [0.1, 0.15) is 0 Å². The Hall–Kier alpha value is -1.81. The van der Waals surface area contributed by atoms with Crippen LogP contribution >= 0.6 is 0 Å². The molecular weight excluding hydrogens is 323 g/mol. The molecule has 0 fully saturated rings. The average Bonchev–Trinajstić information content (AvgIpc) is 2.78. The molecule has 0 bridgehead atoms. The number of hydrogen-bond donors (Lipinski definition) is 1. The van der Waals surface area contributed by atoms with Gasteiger partial charge >= 0.3 is 18.0 Å². The lowest BCUT2D eigenvalue weighted by Gasteiger charge is -2.27. The van der Waals surface area contributed by atoms with E-state index < -0.39 is 30.5 Å². The minimum atomic E-state index is -6.53. The summed E-state index contributed by atoms with van der Waals surface area (Å²) in [6.45, 7) is 1.37.